The van der Waals surface area contributed by atoms with Gasteiger partial charge in [0.25, 0.3) is 0 Å². The number of aryl methyl sites for hydroxylation is 1. The summed E-state index contributed by atoms with van der Waals surface area (Å²) in [6.07, 6.45) is 1.41. The molecule has 1 heterocycles. The number of nitrogens with zero attached hydrogens (tertiary/aromatic N) is 2. The van der Waals surface area contributed by atoms with Crippen molar-refractivity contribution < 1.29 is 4.79 Å². The van der Waals surface area contributed by atoms with Crippen LogP contribution in [0.1, 0.15) is 55.9 Å². The first-order valence-corrected chi connectivity index (χ1v) is 11.7. The highest BCUT2D eigenvalue weighted by Crippen LogP contribution is 2.29. The fourth-order valence-corrected chi connectivity index (χ4v) is 4.46. The molecular formula is C29H32N4O. The maximum atomic E-state index is 11.5. The minimum Gasteiger partial charge on any atom is -0.337 e. The number of allylic oxidation sites excluding steroid dienone is 1. The van der Waals surface area contributed by atoms with Crippen LogP contribution >= 0.6 is 0 Å². The van der Waals surface area contributed by atoms with Crippen LogP contribution in [0.2, 0.25) is 0 Å². The monoisotopic (exact) mass is 452 g/mol. The van der Waals surface area contributed by atoms with Gasteiger partial charge in [0.2, 0.25) is 5.91 Å². The Morgan fingerprint density at radius 2 is 1.79 bits per heavy atom. The molecule has 0 aliphatic carbocycles. The molecule has 4 aromatic rings. The van der Waals surface area contributed by atoms with Gasteiger partial charge in [-0.3, -0.25) is 4.79 Å². The molecule has 0 saturated carbocycles. The van der Waals surface area contributed by atoms with Crippen molar-refractivity contribution in [3.05, 3.63) is 95.8 Å². The Morgan fingerprint density at radius 1 is 1.06 bits per heavy atom. The predicted octanol–water partition coefficient (Wildman–Crippen LogP) is 5.83. The summed E-state index contributed by atoms with van der Waals surface area (Å²) in [6, 6.07) is 22.7. The number of fused-ring (bicyclic) bond motifs is 1. The van der Waals surface area contributed by atoms with Crippen molar-refractivity contribution in [1.29, 1.82) is 0 Å². The number of carbonyl (C=O) groups is 1. The SMILES string of the molecule is C=C(C)c1cccc2nc(CCC)n(Cc3ccc(-c4ccccc4C(N)NC(C)=O)cc3)c12. The smallest absolute Gasteiger partial charge is 0.218 e. The lowest BCUT2D eigenvalue weighted by Crippen LogP contribution is -2.32. The molecule has 3 aromatic carbocycles. The van der Waals surface area contributed by atoms with E-state index in [-0.39, 0.29) is 5.91 Å². The van der Waals surface area contributed by atoms with Crippen LogP contribution in [-0.4, -0.2) is 15.5 Å². The molecule has 3 N–H and O–H groups in total. The Morgan fingerprint density at radius 3 is 2.47 bits per heavy atom. The first-order chi connectivity index (χ1) is 16.4. The van der Waals surface area contributed by atoms with Crippen molar-refractivity contribution in [2.24, 2.45) is 5.73 Å². The maximum Gasteiger partial charge on any atom is 0.218 e. The molecule has 1 aromatic heterocycles. The minimum absolute atomic E-state index is 0.151. The van der Waals surface area contributed by atoms with E-state index in [4.69, 9.17) is 10.7 Å². The van der Waals surface area contributed by atoms with Gasteiger partial charge in [0.1, 0.15) is 12.0 Å². The molecule has 1 atom stereocenters. The normalized spacial score (nSPS) is 12.0. The molecule has 1 unspecified atom stereocenters. The lowest BCUT2D eigenvalue weighted by molar-refractivity contribution is -0.119. The maximum absolute atomic E-state index is 11.5. The van der Waals surface area contributed by atoms with Crippen LogP contribution in [0.4, 0.5) is 0 Å². The fourth-order valence-electron chi connectivity index (χ4n) is 4.46. The fraction of sp³-hybridized carbons (Fsp3) is 0.241. The molecule has 0 fully saturated rings. The molecule has 0 spiro atoms. The second-order valence-electron chi connectivity index (χ2n) is 8.78. The highest BCUT2D eigenvalue weighted by atomic mass is 16.1. The van der Waals surface area contributed by atoms with Crippen LogP contribution in [0.5, 0.6) is 0 Å². The van der Waals surface area contributed by atoms with Gasteiger partial charge >= 0.3 is 0 Å². The quantitative estimate of drug-likeness (QED) is 0.330. The standard InChI is InChI=1S/C29H32N4O/c1-5-9-27-32-26-13-8-12-23(19(2)3)28(26)33(27)18-21-14-16-22(17-15-21)24-10-6-7-11-25(24)29(30)31-20(4)34/h6-8,10-17,29H,2,5,9,18,30H2,1,3-4H3,(H,31,34). The number of nitrogens with one attached hydrogen (secondary N) is 1. The molecule has 0 bridgehead atoms. The second kappa shape index (κ2) is 10.1. The number of hydrogen-bond acceptors (Lipinski definition) is 3. The van der Waals surface area contributed by atoms with E-state index in [1.54, 1.807) is 0 Å². The molecular weight excluding hydrogens is 420 g/mol. The van der Waals surface area contributed by atoms with E-state index in [0.29, 0.717) is 0 Å². The lowest BCUT2D eigenvalue weighted by atomic mass is 9.97. The van der Waals surface area contributed by atoms with Crippen molar-refractivity contribution in [2.75, 3.05) is 0 Å². The molecule has 0 radical (unpaired) electrons. The van der Waals surface area contributed by atoms with E-state index >= 15 is 0 Å². The van der Waals surface area contributed by atoms with Crippen molar-refractivity contribution in [2.45, 2.75) is 46.3 Å². The van der Waals surface area contributed by atoms with Crippen LogP contribution in [-0.2, 0) is 17.8 Å². The Kier molecular flexibility index (Phi) is 6.94. The van der Waals surface area contributed by atoms with Gasteiger partial charge in [0, 0.05) is 25.5 Å². The van der Waals surface area contributed by atoms with E-state index in [0.717, 1.165) is 64.1 Å². The lowest BCUT2D eigenvalue weighted by Gasteiger charge is -2.18. The summed E-state index contributed by atoms with van der Waals surface area (Å²) < 4.78 is 2.33. The number of nitrogens with two attached hydrogens (primary N) is 1. The predicted molar refractivity (Wildman–Crippen MR) is 140 cm³/mol. The van der Waals surface area contributed by atoms with Crippen LogP contribution in [0.25, 0.3) is 27.7 Å². The number of hydrogen-bond donors (Lipinski definition) is 2. The number of imidazole rings is 1. The van der Waals surface area contributed by atoms with E-state index in [2.05, 4.69) is 65.9 Å². The zero-order valence-corrected chi connectivity index (χ0v) is 20.1. The summed E-state index contributed by atoms with van der Waals surface area (Å²) in [4.78, 5) is 16.4. The summed E-state index contributed by atoms with van der Waals surface area (Å²) in [5.41, 5.74) is 14.7. The van der Waals surface area contributed by atoms with Gasteiger partial charge in [-0.1, -0.05) is 74.2 Å². The Labute approximate surface area is 201 Å². The van der Waals surface area contributed by atoms with E-state index in [1.807, 2.05) is 31.2 Å². The third-order valence-corrected chi connectivity index (χ3v) is 6.04. The molecule has 4 rings (SSSR count). The first kappa shape index (κ1) is 23.5. The van der Waals surface area contributed by atoms with Gasteiger partial charge < -0.3 is 15.6 Å². The van der Waals surface area contributed by atoms with Crippen LogP contribution < -0.4 is 11.1 Å². The molecule has 0 aliphatic rings. The summed E-state index contributed by atoms with van der Waals surface area (Å²) in [6.45, 7) is 10.6. The van der Waals surface area contributed by atoms with Gasteiger partial charge in [-0.15, -0.1) is 0 Å². The minimum atomic E-state index is -0.553. The summed E-state index contributed by atoms with van der Waals surface area (Å²) >= 11 is 0. The third kappa shape index (κ3) is 4.80. The van der Waals surface area contributed by atoms with Crippen molar-refractivity contribution in [1.82, 2.24) is 14.9 Å². The largest absolute Gasteiger partial charge is 0.337 e. The van der Waals surface area contributed by atoms with Crippen molar-refractivity contribution in [3.63, 3.8) is 0 Å². The summed E-state index contributed by atoms with van der Waals surface area (Å²) in [7, 11) is 0. The summed E-state index contributed by atoms with van der Waals surface area (Å²) in [5.74, 6) is 0.948. The topological polar surface area (TPSA) is 72.9 Å². The average Bonchev–Trinajstić information content (AvgIpc) is 3.16. The molecule has 1 amide bonds. The zero-order chi connectivity index (χ0) is 24.2. The van der Waals surface area contributed by atoms with Crippen LogP contribution in [0, 0.1) is 0 Å². The Hall–Kier alpha value is -3.70. The molecule has 174 valence electrons. The van der Waals surface area contributed by atoms with Gasteiger partial charge in [-0.2, -0.15) is 0 Å². The average molecular weight is 453 g/mol. The second-order valence-corrected chi connectivity index (χ2v) is 8.78. The molecule has 5 heteroatoms. The zero-order valence-electron chi connectivity index (χ0n) is 20.1. The highest BCUT2D eigenvalue weighted by molar-refractivity contribution is 5.89. The number of para-hydroxylation sites is 1. The van der Waals surface area contributed by atoms with Gasteiger partial charge in [0.15, 0.2) is 0 Å². The van der Waals surface area contributed by atoms with E-state index < -0.39 is 6.17 Å². The van der Waals surface area contributed by atoms with Gasteiger partial charge in [0.05, 0.1) is 11.0 Å². The molecule has 5 nitrogen and oxygen atoms in total. The van der Waals surface area contributed by atoms with Crippen molar-refractivity contribution >= 4 is 22.5 Å². The number of carbonyl (C=O) groups excluding carboxylic acids is 1. The summed E-state index contributed by atoms with van der Waals surface area (Å²) in [5, 5.41) is 2.78. The van der Waals surface area contributed by atoms with Crippen LogP contribution in [0.15, 0.2) is 73.3 Å². The molecule has 34 heavy (non-hydrogen) atoms. The molecule has 0 saturated heterocycles. The highest BCUT2D eigenvalue weighted by Gasteiger charge is 2.16. The number of amides is 1. The van der Waals surface area contributed by atoms with Gasteiger partial charge in [-0.05, 0) is 47.2 Å². The number of aromatic nitrogens is 2. The molecule has 0 aliphatic heterocycles. The van der Waals surface area contributed by atoms with E-state index in [1.165, 1.54) is 12.5 Å². The Balaban J connectivity index is 1.69. The van der Waals surface area contributed by atoms with Crippen LogP contribution in [0.3, 0.4) is 0 Å². The Bertz CT molecular complexity index is 1330. The van der Waals surface area contributed by atoms with E-state index in [9.17, 15) is 4.79 Å². The number of benzene rings is 3. The third-order valence-electron chi connectivity index (χ3n) is 6.04. The number of rotatable bonds is 8. The first-order valence-electron chi connectivity index (χ1n) is 11.7. The van der Waals surface area contributed by atoms with Crippen molar-refractivity contribution in [3.8, 4) is 11.1 Å². The van der Waals surface area contributed by atoms with Gasteiger partial charge in [-0.25, -0.2) is 4.98 Å².